The topological polar surface area (TPSA) is 58.6 Å². The molecule has 0 unspecified atom stereocenters. The van der Waals surface area contributed by atoms with Crippen molar-refractivity contribution < 1.29 is 14.3 Å². The van der Waals surface area contributed by atoms with E-state index in [1.807, 2.05) is 20.8 Å². The number of nitrogens with one attached hydrogen (secondary N) is 1. The Hall–Kier alpha value is -1.95. The van der Waals surface area contributed by atoms with Gasteiger partial charge in [0.25, 0.3) is 5.91 Å². The second-order valence-corrected chi connectivity index (χ2v) is 10.1. The van der Waals surface area contributed by atoms with E-state index in [2.05, 4.69) is 5.32 Å². The Labute approximate surface area is 216 Å². The summed E-state index contributed by atoms with van der Waals surface area (Å²) in [6, 6.07) is 8.25. The van der Waals surface area contributed by atoms with Crippen LogP contribution >= 0.6 is 34.8 Å². The molecule has 1 aliphatic carbocycles. The molecule has 2 amide bonds. The van der Waals surface area contributed by atoms with Crippen LogP contribution in [0.1, 0.15) is 55.7 Å². The molecule has 2 aromatic rings. The molecule has 3 rings (SSSR count). The van der Waals surface area contributed by atoms with Gasteiger partial charge in [0, 0.05) is 27.7 Å². The Bertz CT molecular complexity index is 1010. The molecular formula is C26H31Cl3N2O3. The van der Waals surface area contributed by atoms with Gasteiger partial charge in [0.1, 0.15) is 11.8 Å². The molecule has 8 heteroatoms. The molecule has 1 fully saturated rings. The molecule has 1 aliphatic rings. The number of aryl methyl sites for hydroxylation is 2. The zero-order chi connectivity index (χ0) is 24.8. The van der Waals surface area contributed by atoms with Crippen molar-refractivity contribution in [3.8, 4) is 5.75 Å². The lowest BCUT2D eigenvalue weighted by Crippen LogP contribution is -2.52. The number of benzene rings is 2. The van der Waals surface area contributed by atoms with Crippen molar-refractivity contribution in [2.45, 2.75) is 71.5 Å². The van der Waals surface area contributed by atoms with E-state index in [0.717, 1.165) is 36.8 Å². The number of ether oxygens (including phenoxy) is 1. The molecular weight excluding hydrogens is 495 g/mol. The van der Waals surface area contributed by atoms with Gasteiger partial charge < -0.3 is 15.0 Å². The number of hydrogen-bond donors (Lipinski definition) is 1. The standard InChI is InChI=1S/C26H31Cl3N2O3/c1-4-23(26(33)30-20-7-5-6-8-20)31(14-18-9-10-19(27)13-22(18)28)24(32)15-34-21-11-16(2)25(29)17(3)12-21/h9-13,20,23H,4-8,14-15H2,1-3H3,(H,30,33)/t23-/m0/s1. The highest BCUT2D eigenvalue weighted by Gasteiger charge is 2.31. The summed E-state index contributed by atoms with van der Waals surface area (Å²) in [5.41, 5.74) is 2.46. The van der Waals surface area contributed by atoms with Gasteiger partial charge in [0.2, 0.25) is 5.91 Å². The summed E-state index contributed by atoms with van der Waals surface area (Å²) in [6.45, 7) is 5.64. The maximum atomic E-state index is 13.4. The second kappa shape index (κ2) is 12.1. The van der Waals surface area contributed by atoms with Gasteiger partial charge in [-0.15, -0.1) is 0 Å². The Balaban J connectivity index is 1.81. The Morgan fingerprint density at radius 1 is 1.09 bits per heavy atom. The summed E-state index contributed by atoms with van der Waals surface area (Å²) < 4.78 is 5.82. The van der Waals surface area contributed by atoms with Crippen LogP contribution in [0.3, 0.4) is 0 Å². The van der Waals surface area contributed by atoms with E-state index in [-0.39, 0.29) is 31.0 Å². The third kappa shape index (κ3) is 6.80. The highest BCUT2D eigenvalue weighted by atomic mass is 35.5. The fourth-order valence-electron chi connectivity index (χ4n) is 4.34. The Morgan fingerprint density at radius 3 is 2.32 bits per heavy atom. The average Bonchev–Trinajstić information content (AvgIpc) is 3.30. The zero-order valence-electron chi connectivity index (χ0n) is 19.8. The third-order valence-electron chi connectivity index (χ3n) is 6.22. The molecule has 5 nitrogen and oxygen atoms in total. The molecule has 1 saturated carbocycles. The highest BCUT2D eigenvalue weighted by molar-refractivity contribution is 6.35. The Kier molecular flexibility index (Phi) is 9.52. The van der Waals surface area contributed by atoms with Crippen LogP contribution in [0.4, 0.5) is 0 Å². The zero-order valence-corrected chi connectivity index (χ0v) is 22.1. The predicted molar refractivity (Wildman–Crippen MR) is 138 cm³/mol. The van der Waals surface area contributed by atoms with Gasteiger partial charge in [-0.1, -0.05) is 60.6 Å². The molecule has 0 spiro atoms. The van der Waals surface area contributed by atoms with Gasteiger partial charge >= 0.3 is 0 Å². The predicted octanol–water partition coefficient (Wildman–Crippen LogP) is 6.51. The van der Waals surface area contributed by atoms with E-state index in [1.165, 1.54) is 0 Å². The summed E-state index contributed by atoms with van der Waals surface area (Å²) in [6.07, 6.45) is 4.63. The summed E-state index contributed by atoms with van der Waals surface area (Å²) in [7, 11) is 0. The van der Waals surface area contributed by atoms with Crippen molar-refractivity contribution in [3.05, 3.63) is 62.1 Å². The van der Waals surface area contributed by atoms with Gasteiger partial charge in [-0.05, 0) is 74.1 Å². The number of hydrogen-bond acceptors (Lipinski definition) is 3. The molecule has 1 N–H and O–H groups in total. The maximum absolute atomic E-state index is 13.4. The lowest BCUT2D eigenvalue weighted by molar-refractivity contribution is -0.143. The van der Waals surface area contributed by atoms with E-state index in [9.17, 15) is 9.59 Å². The van der Waals surface area contributed by atoms with Crippen molar-refractivity contribution >= 4 is 46.6 Å². The molecule has 0 radical (unpaired) electrons. The monoisotopic (exact) mass is 524 g/mol. The van der Waals surface area contributed by atoms with Crippen molar-refractivity contribution in [2.24, 2.45) is 0 Å². The number of carbonyl (C=O) groups is 2. The average molecular weight is 526 g/mol. The first-order valence-corrected chi connectivity index (χ1v) is 12.8. The van der Waals surface area contributed by atoms with Crippen LogP contribution in [0.2, 0.25) is 15.1 Å². The van der Waals surface area contributed by atoms with E-state index in [4.69, 9.17) is 39.5 Å². The number of carbonyl (C=O) groups excluding carboxylic acids is 2. The highest BCUT2D eigenvalue weighted by Crippen LogP contribution is 2.27. The van der Waals surface area contributed by atoms with Crippen LogP contribution in [-0.4, -0.2) is 35.4 Å². The minimum absolute atomic E-state index is 0.147. The normalized spacial score (nSPS) is 14.6. The first-order valence-electron chi connectivity index (χ1n) is 11.6. The lowest BCUT2D eigenvalue weighted by atomic mass is 10.1. The molecule has 184 valence electrons. The van der Waals surface area contributed by atoms with Gasteiger partial charge in [0.05, 0.1) is 0 Å². The fourth-order valence-corrected chi connectivity index (χ4v) is 4.92. The van der Waals surface area contributed by atoms with Gasteiger partial charge in [-0.2, -0.15) is 0 Å². The molecule has 0 bridgehead atoms. The second-order valence-electron chi connectivity index (χ2n) is 8.83. The van der Waals surface area contributed by atoms with Crippen molar-refractivity contribution in [3.63, 3.8) is 0 Å². The van der Waals surface area contributed by atoms with Crippen LogP contribution in [0, 0.1) is 13.8 Å². The first kappa shape index (κ1) is 26.7. The quantitative estimate of drug-likeness (QED) is 0.406. The number of halogens is 3. The summed E-state index contributed by atoms with van der Waals surface area (Å²) in [4.78, 5) is 28.1. The van der Waals surface area contributed by atoms with Crippen LogP contribution in [-0.2, 0) is 16.1 Å². The van der Waals surface area contributed by atoms with Crippen LogP contribution in [0.5, 0.6) is 5.75 Å². The van der Waals surface area contributed by atoms with E-state index >= 15 is 0 Å². The summed E-state index contributed by atoms with van der Waals surface area (Å²) in [5, 5.41) is 4.76. The van der Waals surface area contributed by atoms with E-state index in [0.29, 0.717) is 32.8 Å². The molecule has 2 aromatic carbocycles. The van der Waals surface area contributed by atoms with Crippen LogP contribution in [0.15, 0.2) is 30.3 Å². The van der Waals surface area contributed by atoms with Crippen molar-refractivity contribution in [1.29, 1.82) is 0 Å². The number of rotatable bonds is 9. The Morgan fingerprint density at radius 2 is 1.74 bits per heavy atom. The van der Waals surface area contributed by atoms with Crippen molar-refractivity contribution in [1.82, 2.24) is 10.2 Å². The molecule has 1 atom stereocenters. The number of nitrogens with zero attached hydrogens (tertiary/aromatic N) is 1. The van der Waals surface area contributed by atoms with Gasteiger partial charge in [0.15, 0.2) is 6.61 Å². The van der Waals surface area contributed by atoms with E-state index in [1.54, 1.807) is 35.2 Å². The summed E-state index contributed by atoms with van der Waals surface area (Å²) in [5.74, 6) is 0.108. The molecule has 0 saturated heterocycles. The minimum Gasteiger partial charge on any atom is -0.484 e. The lowest BCUT2D eigenvalue weighted by Gasteiger charge is -2.31. The van der Waals surface area contributed by atoms with Crippen LogP contribution < -0.4 is 10.1 Å². The molecule has 0 aliphatic heterocycles. The fraction of sp³-hybridized carbons (Fsp3) is 0.462. The SMILES string of the molecule is CC[C@@H](C(=O)NC1CCCC1)N(Cc1ccc(Cl)cc1Cl)C(=O)COc1cc(C)c(Cl)c(C)c1. The third-order valence-corrected chi connectivity index (χ3v) is 7.40. The molecule has 34 heavy (non-hydrogen) atoms. The molecule has 0 aromatic heterocycles. The smallest absolute Gasteiger partial charge is 0.261 e. The van der Waals surface area contributed by atoms with Crippen molar-refractivity contribution in [2.75, 3.05) is 6.61 Å². The summed E-state index contributed by atoms with van der Waals surface area (Å²) >= 11 is 18.7. The van der Waals surface area contributed by atoms with Gasteiger partial charge in [-0.25, -0.2) is 0 Å². The maximum Gasteiger partial charge on any atom is 0.261 e. The van der Waals surface area contributed by atoms with Crippen LogP contribution in [0.25, 0.3) is 0 Å². The number of amides is 2. The van der Waals surface area contributed by atoms with E-state index < -0.39 is 6.04 Å². The molecule has 0 heterocycles. The first-order chi connectivity index (χ1) is 16.2. The minimum atomic E-state index is -0.642. The van der Waals surface area contributed by atoms with Gasteiger partial charge in [-0.3, -0.25) is 9.59 Å². The largest absolute Gasteiger partial charge is 0.484 e.